The minimum absolute atomic E-state index is 0.139. The molecule has 0 spiro atoms. The SMILES string of the molecule is CCCCCCCCCCCCOC(=O)c1cc(Oc2ccc(N)cc2)c(C(=O)OCCCCCCCCCCCC)cc1Oc1ccc(N)cc1. The van der Waals surface area contributed by atoms with Gasteiger partial charge in [-0.3, -0.25) is 0 Å². The number of esters is 2. The second-order valence-electron chi connectivity index (χ2n) is 13.8. The molecular weight excluding hydrogens is 652 g/mol. The predicted molar refractivity (Wildman–Crippen MR) is 213 cm³/mol. The van der Waals surface area contributed by atoms with E-state index in [2.05, 4.69) is 13.8 Å². The van der Waals surface area contributed by atoms with Gasteiger partial charge in [-0.25, -0.2) is 9.59 Å². The zero-order valence-corrected chi connectivity index (χ0v) is 31.9. The largest absolute Gasteiger partial charge is 0.462 e. The number of nitrogens with two attached hydrogens (primary N) is 2. The number of anilines is 2. The molecule has 0 saturated heterocycles. The Kier molecular flexibility index (Phi) is 20.9. The standard InChI is InChI=1S/C44H64N2O6/c1-3-5-7-9-11-13-15-17-19-21-31-49-43(47)39-33-42(52-38-29-25-36(46)26-30-38)40(34-41(39)51-37-27-23-35(45)24-28-37)44(48)50-32-22-20-18-16-14-12-10-8-6-4-2/h23-30,33-34H,3-22,31-32,45-46H2,1-2H3. The van der Waals surface area contributed by atoms with Crippen LogP contribution in [-0.2, 0) is 9.47 Å². The first-order valence-corrected chi connectivity index (χ1v) is 20.0. The summed E-state index contributed by atoms with van der Waals surface area (Å²) in [5.41, 5.74) is 13.2. The smallest absolute Gasteiger partial charge is 0.342 e. The molecule has 0 amide bonds. The van der Waals surface area contributed by atoms with Crippen LogP contribution < -0.4 is 20.9 Å². The highest BCUT2D eigenvalue weighted by Crippen LogP contribution is 2.36. The first kappa shape index (κ1) is 42.2. The van der Waals surface area contributed by atoms with Gasteiger partial charge in [0.2, 0.25) is 0 Å². The Morgan fingerprint density at radius 2 is 0.731 bits per heavy atom. The molecule has 3 aromatic carbocycles. The van der Waals surface area contributed by atoms with E-state index in [4.69, 9.17) is 30.4 Å². The quantitative estimate of drug-likeness (QED) is 0.0432. The predicted octanol–water partition coefficient (Wildman–Crippen LogP) is 12.6. The molecule has 0 aliphatic carbocycles. The molecule has 0 bridgehead atoms. The van der Waals surface area contributed by atoms with E-state index >= 15 is 0 Å². The Morgan fingerprint density at radius 3 is 1.04 bits per heavy atom. The van der Waals surface area contributed by atoms with Crippen LogP contribution >= 0.6 is 0 Å². The molecule has 0 aliphatic heterocycles. The topological polar surface area (TPSA) is 123 Å². The zero-order chi connectivity index (χ0) is 37.2. The third-order valence-corrected chi connectivity index (χ3v) is 9.20. The van der Waals surface area contributed by atoms with Crippen LogP contribution in [0.3, 0.4) is 0 Å². The lowest BCUT2D eigenvalue weighted by atomic mass is 10.1. The average molecular weight is 717 g/mol. The van der Waals surface area contributed by atoms with Gasteiger partial charge in [-0.05, 0) is 73.5 Å². The van der Waals surface area contributed by atoms with E-state index in [1.54, 1.807) is 48.5 Å². The maximum absolute atomic E-state index is 13.6. The molecule has 8 heteroatoms. The van der Waals surface area contributed by atoms with Gasteiger partial charge in [0.1, 0.15) is 34.1 Å². The minimum Gasteiger partial charge on any atom is -0.462 e. The van der Waals surface area contributed by atoms with Crippen molar-refractivity contribution in [1.82, 2.24) is 0 Å². The summed E-state index contributed by atoms with van der Waals surface area (Å²) in [5.74, 6) is 0.106. The number of rotatable bonds is 28. The van der Waals surface area contributed by atoms with Crippen molar-refractivity contribution in [3.05, 3.63) is 71.8 Å². The number of hydrogen-bond donors (Lipinski definition) is 2. The van der Waals surface area contributed by atoms with E-state index in [-0.39, 0.29) is 35.8 Å². The number of carbonyl (C=O) groups is 2. The summed E-state index contributed by atoms with van der Waals surface area (Å²) in [4.78, 5) is 27.1. The fourth-order valence-corrected chi connectivity index (χ4v) is 6.04. The lowest BCUT2D eigenvalue weighted by Gasteiger charge is -2.17. The Morgan fingerprint density at radius 1 is 0.442 bits per heavy atom. The van der Waals surface area contributed by atoms with Gasteiger partial charge in [0.15, 0.2) is 0 Å². The second kappa shape index (κ2) is 25.7. The summed E-state index contributed by atoms with van der Waals surface area (Å²) in [7, 11) is 0. The molecule has 0 saturated carbocycles. The molecule has 0 unspecified atom stereocenters. The molecule has 0 radical (unpaired) electrons. The lowest BCUT2D eigenvalue weighted by Crippen LogP contribution is -2.12. The van der Waals surface area contributed by atoms with Crippen molar-refractivity contribution < 1.29 is 28.5 Å². The molecule has 0 heterocycles. The highest BCUT2D eigenvalue weighted by Gasteiger charge is 2.24. The number of nitrogen functional groups attached to an aromatic ring is 2. The molecule has 3 rings (SSSR count). The Bertz CT molecular complexity index is 1310. The van der Waals surface area contributed by atoms with E-state index in [1.807, 2.05) is 0 Å². The average Bonchev–Trinajstić information content (AvgIpc) is 3.14. The maximum Gasteiger partial charge on any atom is 0.342 e. The first-order chi connectivity index (χ1) is 25.4. The van der Waals surface area contributed by atoms with E-state index in [0.717, 1.165) is 38.5 Å². The van der Waals surface area contributed by atoms with Crippen molar-refractivity contribution in [2.24, 2.45) is 0 Å². The fourth-order valence-electron chi connectivity index (χ4n) is 6.04. The van der Waals surface area contributed by atoms with Crippen LogP contribution in [0.4, 0.5) is 11.4 Å². The van der Waals surface area contributed by atoms with Gasteiger partial charge in [0.05, 0.1) is 13.2 Å². The lowest BCUT2D eigenvalue weighted by molar-refractivity contribution is 0.0478. The third kappa shape index (κ3) is 16.9. The molecule has 3 aromatic rings. The molecule has 4 N–H and O–H groups in total. The van der Waals surface area contributed by atoms with E-state index in [9.17, 15) is 9.59 Å². The number of hydrogen-bond acceptors (Lipinski definition) is 8. The summed E-state index contributed by atoms with van der Waals surface area (Å²) in [6, 6.07) is 16.6. The molecule has 0 aromatic heterocycles. The van der Waals surface area contributed by atoms with Crippen molar-refractivity contribution >= 4 is 23.3 Å². The molecule has 8 nitrogen and oxygen atoms in total. The summed E-state index contributed by atoms with van der Waals surface area (Å²) < 4.78 is 23.8. The van der Waals surface area contributed by atoms with E-state index in [0.29, 0.717) is 22.9 Å². The third-order valence-electron chi connectivity index (χ3n) is 9.20. The second-order valence-corrected chi connectivity index (χ2v) is 13.8. The van der Waals surface area contributed by atoms with Crippen LogP contribution in [0.25, 0.3) is 0 Å². The van der Waals surface area contributed by atoms with Crippen molar-refractivity contribution in [3.63, 3.8) is 0 Å². The number of benzene rings is 3. The van der Waals surface area contributed by atoms with Gasteiger partial charge in [0.25, 0.3) is 0 Å². The molecule has 0 fully saturated rings. The van der Waals surface area contributed by atoms with Crippen LogP contribution in [0.5, 0.6) is 23.0 Å². The van der Waals surface area contributed by atoms with Gasteiger partial charge in [-0.15, -0.1) is 0 Å². The van der Waals surface area contributed by atoms with Gasteiger partial charge in [-0.2, -0.15) is 0 Å². The fraction of sp³-hybridized carbons (Fsp3) is 0.545. The summed E-state index contributed by atoms with van der Waals surface area (Å²) in [5, 5.41) is 0. The van der Waals surface area contributed by atoms with Gasteiger partial charge >= 0.3 is 11.9 Å². The molecule has 286 valence electrons. The van der Waals surface area contributed by atoms with Crippen LogP contribution in [-0.4, -0.2) is 25.2 Å². The monoisotopic (exact) mass is 716 g/mol. The van der Waals surface area contributed by atoms with Gasteiger partial charge < -0.3 is 30.4 Å². The van der Waals surface area contributed by atoms with Gasteiger partial charge in [-0.1, -0.05) is 129 Å². The highest BCUT2D eigenvalue weighted by molar-refractivity contribution is 5.98. The van der Waals surface area contributed by atoms with Crippen LogP contribution in [0.2, 0.25) is 0 Å². The Balaban J connectivity index is 1.69. The summed E-state index contributed by atoms with van der Waals surface area (Å²) >= 11 is 0. The van der Waals surface area contributed by atoms with E-state index < -0.39 is 11.9 Å². The van der Waals surface area contributed by atoms with Crippen LogP contribution in [0.1, 0.15) is 163 Å². The van der Waals surface area contributed by atoms with Gasteiger partial charge in [0, 0.05) is 11.4 Å². The van der Waals surface area contributed by atoms with Crippen molar-refractivity contribution in [2.45, 2.75) is 142 Å². The Hall–Kier alpha value is -4.20. The molecule has 0 atom stereocenters. The number of carbonyl (C=O) groups excluding carboxylic acids is 2. The summed E-state index contributed by atoms with van der Waals surface area (Å²) in [6.45, 7) is 5.04. The van der Waals surface area contributed by atoms with Crippen LogP contribution in [0.15, 0.2) is 60.7 Å². The van der Waals surface area contributed by atoms with E-state index in [1.165, 1.54) is 102 Å². The normalized spacial score (nSPS) is 11.0. The number of ether oxygens (including phenoxy) is 4. The Labute approximate surface area is 312 Å². The molecule has 0 aliphatic rings. The minimum atomic E-state index is -0.561. The molecule has 52 heavy (non-hydrogen) atoms. The zero-order valence-electron chi connectivity index (χ0n) is 31.9. The summed E-state index contributed by atoms with van der Waals surface area (Å²) in [6.07, 6.45) is 23.7. The van der Waals surface area contributed by atoms with Crippen molar-refractivity contribution in [2.75, 3.05) is 24.7 Å². The highest BCUT2D eigenvalue weighted by atomic mass is 16.5. The number of unbranched alkanes of at least 4 members (excludes halogenated alkanes) is 18. The maximum atomic E-state index is 13.6. The molecular formula is C44H64N2O6. The first-order valence-electron chi connectivity index (χ1n) is 20.0. The van der Waals surface area contributed by atoms with Crippen LogP contribution in [0, 0.1) is 0 Å². The van der Waals surface area contributed by atoms with Crippen molar-refractivity contribution in [3.8, 4) is 23.0 Å². The van der Waals surface area contributed by atoms with Crippen molar-refractivity contribution in [1.29, 1.82) is 0 Å².